The van der Waals surface area contributed by atoms with E-state index in [2.05, 4.69) is 4.98 Å². The van der Waals surface area contributed by atoms with Crippen LogP contribution >= 0.6 is 7.82 Å². The number of H-pyrrole nitrogens is 1. The fourth-order valence-electron chi connectivity index (χ4n) is 1.63. The van der Waals surface area contributed by atoms with E-state index in [1.165, 1.54) is 0 Å². The van der Waals surface area contributed by atoms with E-state index in [9.17, 15) is 9.46 Å². The third-order valence-electron chi connectivity index (χ3n) is 2.56. The predicted molar refractivity (Wildman–Crippen MR) is 73.3 cm³/mol. The van der Waals surface area contributed by atoms with E-state index in [4.69, 9.17) is 9.05 Å². The molecule has 6 nitrogen and oxygen atoms in total. The zero-order valence-corrected chi connectivity index (χ0v) is 11.8. The molecule has 1 atom stereocenters. The van der Waals surface area contributed by atoms with E-state index in [0.717, 1.165) is 10.9 Å². The summed E-state index contributed by atoms with van der Waals surface area (Å²) >= 11 is 0. The maximum atomic E-state index is 11.8. The van der Waals surface area contributed by atoms with Crippen molar-refractivity contribution in [2.45, 2.75) is 0 Å². The first-order valence-electron chi connectivity index (χ1n) is 5.86. The quantitative estimate of drug-likeness (QED) is 0.796. The molecule has 0 aliphatic carbocycles. The zero-order valence-electron chi connectivity index (χ0n) is 10.9. The average molecular weight is 284 g/mol. The molecule has 1 aromatic heterocycles. The second-order valence-corrected chi connectivity index (χ2v) is 5.77. The van der Waals surface area contributed by atoms with Crippen LogP contribution in [0.15, 0.2) is 30.5 Å². The normalized spacial score (nSPS) is 14.7. The lowest BCUT2D eigenvalue weighted by atomic mass is 10.2. The Labute approximate surface area is 111 Å². The molecule has 2 N–H and O–H groups in total. The van der Waals surface area contributed by atoms with Crippen molar-refractivity contribution in [3.05, 3.63) is 30.5 Å². The molecule has 2 rings (SSSR count). The summed E-state index contributed by atoms with van der Waals surface area (Å²) in [5, 5.41) is 0.744. The van der Waals surface area contributed by atoms with Crippen LogP contribution in [-0.2, 0) is 9.09 Å². The lowest BCUT2D eigenvalue weighted by molar-refractivity contribution is 0.186. The Morgan fingerprint density at radius 2 is 2.16 bits per heavy atom. The van der Waals surface area contributed by atoms with Gasteiger partial charge in [0, 0.05) is 23.6 Å². The van der Waals surface area contributed by atoms with Crippen molar-refractivity contribution in [3.8, 4) is 5.75 Å². The Morgan fingerprint density at radius 1 is 1.37 bits per heavy atom. The third kappa shape index (κ3) is 3.81. The van der Waals surface area contributed by atoms with Crippen LogP contribution < -0.4 is 4.52 Å². The van der Waals surface area contributed by atoms with Crippen LogP contribution in [0.4, 0.5) is 0 Å². The number of nitrogens with zero attached hydrogens (tertiary/aromatic N) is 1. The summed E-state index contributed by atoms with van der Waals surface area (Å²) in [7, 11) is -0.383. The standard InChI is InChI=1S/C12H17N2O4P/c1-14(2)8-9-17-19(15,16)18-12-5-3-4-11-10(12)6-7-13-11/h3-7,13H,8-9H2,1-2H3,(H,15,16). The minimum Gasteiger partial charge on any atom is -0.403 e. The molecule has 0 saturated carbocycles. The first-order valence-corrected chi connectivity index (χ1v) is 7.35. The third-order valence-corrected chi connectivity index (χ3v) is 3.50. The minimum atomic E-state index is -4.09. The molecule has 0 bridgehead atoms. The molecular weight excluding hydrogens is 267 g/mol. The summed E-state index contributed by atoms with van der Waals surface area (Å²) in [5.74, 6) is 0.328. The second kappa shape index (κ2) is 5.75. The maximum absolute atomic E-state index is 11.8. The highest BCUT2D eigenvalue weighted by atomic mass is 31.2. The molecule has 0 aliphatic heterocycles. The largest absolute Gasteiger partial charge is 0.527 e. The lowest BCUT2D eigenvalue weighted by Gasteiger charge is -2.15. The average Bonchev–Trinajstić information content (AvgIpc) is 2.76. The molecule has 2 aromatic rings. The summed E-state index contributed by atoms with van der Waals surface area (Å²) < 4.78 is 21.8. The van der Waals surface area contributed by atoms with Crippen molar-refractivity contribution in [2.24, 2.45) is 0 Å². The Hall–Kier alpha value is -1.33. The number of hydrogen-bond donors (Lipinski definition) is 2. The van der Waals surface area contributed by atoms with Gasteiger partial charge in [-0.05, 0) is 32.3 Å². The number of likely N-dealkylation sites (N-methyl/N-ethyl adjacent to an activating group) is 1. The number of aromatic nitrogens is 1. The lowest BCUT2D eigenvalue weighted by Crippen LogP contribution is -2.17. The van der Waals surface area contributed by atoms with E-state index in [1.807, 2.05) is 25.1 Å². The van der Waals surface area contributed by atoms with Gasteiger partial charge in [-0.1, -0.05) is 6.07 Å². The molecule has 19 heavy (non-hydrogen) atoms. The fraction of sp³-hybridized carbons (Fsp3) is 0.333. The highest BCUT2D eigenvalue weighted by Gasteiger charge is 2.23. The summed E-state index contributed by atoms with van der Waals surface area (Å²) in [6, 6.07) is 7.02. The number of hydrogen-bond acceptors (Lipinski definition) is 4. The molecule has 0 spiro atoms. The summed E-state index contributed by atoms with van der Waals surface area (Å²) in [6.45, 7) is 0.673. The van der Waals surface area contributed by atoms with Crippen molar-refractivity contribution in [2.75, 3.05) is 27.2 Å². The van der Waals surface area contributed by atoms with Gasteiger partial charge in [0.1, 0.15) is 5.75 Å². The Morgan fingerprint density at radius 3 is 2.89 bits per heavy atom. The van der Waals surface area contributed by atoms with Crippen molar-refractivity contribution in [1.82, 2.24) is 9.88 Å². The molecule has 0 amide bonds. The van der Waals surface area contributed by atoms with Gasteiger partial charge in [-0.25, -0.2) is 4.57 Å². The zero-order chi connectivity index (χ0) is 13.9. The van der Waals surface area contributed by atoms with Crippen LogP contribution in [0.3, 0.4) is 0 Å². The van der Waals surface area contributed by atoms with Crippen molar-refractivity contribution < 1.29 is 18.5 Å². The predicted octanol–water partition coefficient (Wildman–Crippen LogP) is 2.23. The van der Waals surface area contributed by atoms with Crippen molar-refractivity contribution in [1.29, 1.82) is 0 Å². The van der Waals surface area contributed by atoms with E-state index in [0.29, 0.717) is 12.3 Å². The summed E-state index contributed by atoms with van der Waals surface area (Å²) in [4.78, 5) is 14.5. The number of aromatic amines is 1. The van der Waals surface area contributed by atoms with Crippen LogP contribution in [0.1, 0.15) is 0 Å². The number of phosphoric ester groups is 1. The summed E-state index contributed by atoms with van der Waals surface area (Å²) in [5.41, 5.74) is 0.839. The highest BCUT2D eigenvalue weighted by Crippen LogP contribution is 2.45. The fourth-order valence-corrected chi connectivity index (χ4v) is 2.40. The van der Waals surface area contributed by atoms with Gasteiger partial charge in [0.25, 0.3) is 0 Å². The van der Waals surface area contributed by atoms with Gasteiger partial charge in [0.15, 0.2) is 0 Å². The van der Waals surface area contributed by atoms with Gasteiger partial charge < -0.3 is 14.4 Å². The number of phosphoric acid groups is 1. The van der Waals surface area contributed by atoms with Gasteiger partial charge in [-0.3, -0.25) is 9.42 Å². The second-order valence-electron chi connectivity index (χ2n) is 4.39. The molecule has 0 radical (unpaired) electrons. The smallest absolute Gasteiger partial charge is 0.403 e. The van der Waals surface area contributed by atoms with Crippen LogP contribution in [0.25, 0.3) is 10.9 Å². The highest BCUT2D eigenvalue weighted by molar-refractivity contribution is 7.47. The van der Waals surface area contributed by atoms with E-state index < -0.39 is 7.82 Å². The first-order chi connectivity index (χ1) is 8.98. The maximum Gasteiger partial charge on any atom is 0.527 e. The number of fused-ring (bicyclic) bond motifs is 1. The molecule has 0 fully saturated rings. The molecule has 1 heterocycles. The molecule has 7 heteroatoms. The molecule has 1 unspecified atom stereocenters. The number of nitrogens with one attached hydrogen (secondary N) is 1. The molecule has 0 aliphatic rings. The monoisotopic (exact) mass is 284 g/mol. The Bertz CT molecular complexity index is 596. The van der Waals surface area contributed by atoms with Crippen LogP contribution in [0.2, 0.25) is 0 Å². The topological polar surface area (TPSA) is 74.8 Å². The van der Waals surface area contributed by atoms with Crippen molar-refractivity contribution >= 4 is 18.7 Å². The van der Waals surface area contributed by atoms with Gasteiger partial charge in [0.2, 0.25) is 0 Å². The van der Waals surface area contributed by atoms with E-state index in [-0.39, 0.29) is 6.61 Å². The van der Waals surface area contributed by atoms with E-state index >= 15 is 0 Å². The van der Waals surface area contributed by atoms with Crippen LogP contribution in [0.5, 0.6) is 5.75 Å². The summed E-state index contributed by atoms with van der Waals surface area (Å²) in [6.07, 6.45) is 1.74. The van der Waals surface area contributed by atoms with Gasteiger partial charge in [0.05, 0.1) is 6.61 Å². The molecule has 0 saturated heterocycles. The first kappa shape index (κ1) is 14.1. The van der Waals surface area contributed by atoms with Gasteiger partial charge >= 0.3 is 7.82 Å². The molecular formula is C12H17N2O4P. The van der Waals surface area contributed by atoms with E-state index in [1.54, 1.807) is 24.4 Å². The number of benzene rings is 1. The van der Waals surface area contributed by atoms with Crippen LogP contribution in [0, 0.1) is 0 Å². The van der Waals surface area contributed by atoms with Crippen molar-refractivity contribution in [3.63, 3.8) is 0 Å². The molecule has 104 valence electrons. The number of rotatable bonds is 6. The Kier molecular flexibility index (Phi) is 4.27. The van der Waals surface area contributed by atoms with Crippen LogP contribution in [-0.4, -0.2) is 42.0 Å². The van der Waals surface area contributed by atoms with Gasteiger partial charge in [-0.2, -0.15) is 0 Å². The minimum absolute atomic E-state index is 0.129. The Balaban J connectivity index is 2.07. The molecule has 1 aromatic carbocycles. The SMILES string of the molecule is CN(C)CCOP(=O)(O)Oc1cccc2[nH]ccc12. The van der Waals surface area contributed by atoms with Gasteiger partial charge in [-0.15, -0.1) is 0 Å².